The van der Waals surface area contributed by atoms with Crippen LogP contribution in [0.25, 0.3) is 0 Å². The van der Waals surface area contributed by atoms with Crippen molar-refractivity contribution in [3.8, 4) is 11.8 Å². The number of benzene rings is 1. The Balaban J connectivity index is 2.93. The number of hydrogen-bond donors (Lipinski definition) is 2. The molecule has 1 atom stereocenters. The Hall–Kier alpha value is -1.86. The van der Waals surface area contributed by atoms with Crippen molar-refractivity contribution in [2.24, 2.45) is 11.7 Å². The molecule has 0 aliphatic rings. The number of halogens is 1. The first kappa shape index (κ1) is 16.2. The Bertz CT molecular complexity index is 529. The molecule has 0 saturated heterocycles. The highest BCUT2D eigenvalue weighted by Gasteiger charge is 2.14. The molecular weight excluding hydrogens is 255 g/mol. The van der Waals surface area contributed by atoms with Crippen LogP contribution in [0.3, 0.4) is 0 Å². The maximum atomic E-state index is 13.3. The topological polar surface area (TPSA) is 55.1 Å². The fourth-order valence-electron chi connectivity index (χ4n) is 2.03. The van der Waals surface area contributed by atoms with Gasteiger partial charge in [0, 0.05) is 11.6 Å². The minimum Gasteiger partial charge on any atom is -0.350 e. The molecule has 0 heterocycles. The van der Waals surface area contributed by atoms with E-state index in [1.54, 1.807) is 0 Å². The molecule has 0 aliphatic carbocycles. The van der Waals surface area contributed by atoms with E-state index in [0.29, 0.717) is 11.5 Å². The molecule has 0 spiro atoms. The van der Waals surface area contributed by atoms with Crippen molar-refractivity contribution < 1.29 is 9.18 Å². The van der Waals surface area contributed by atoms with Gasteiger partial charge in [0.15, 0.2) is 0 Å². The quantitative estimate of drug-likeness (QED) is 0.829. The summed E-state index contributed by atoms with van der Waals surface area (Å²) in [6.07, 6.45) is 0.866. The number of amides is 1. The molecule has 0 saturated carbocycles. The van der Waals surface area contributed by atoms with Gasteiger partial charge in [-0.1, -0.05) is 25.7 Å². The lowest BCUT2D eigenvalue weighted by Gasteiger charge is -2.16. The molecule has 1 aromatic carbocycles. The molecule has 3 N–H and O–H groups in total. The lowest BCUT2D eigenvalue weighted by Crippen LogP contribution is -2.34. The summed E-state index contributed by atoms with van der Waals surface area (Å²) >= 11 is 0. The zero-order valence-electron chi connectivity index (χ0n) is 12.2. The van der Waals surface area contributed by atoms with E-state index in [2.05, 4.69) is 31.0 Å². The summed E-state index contributed by atoms with van der Waals surface area (Å²) in [6, 6.07) is 4.02. The predicted molar refractivity (Wildman–Crippen MR) is 78.7 cm³/mol. The molecule has 20 heavy (non-hydrogen) atoms. The van der Waals surface area contributed by atoms with Gasteiger partial charge in [0.25, 0.3) is 5.91 Å². The third-order valence-corrected chi connectivity index (χ3v) is 2.75. The van der Waals surface area contributed by atoms with E-state index in [1.807, 2.05) is 6.92 Å². The fraction of sp³-hybridized carbons (Fsp3) is 0.438. The van der Waals surface area contributed by atoms with Crippen LogP contribution in [0.5, 0.6) is 0 Å². The molecule has 1 aromatic rings. The average Bonchev–Trinajstić information content (AvgIpc) is 2.36. The zero-order valence-corrected chi connectivity index (χ0v) is 12.2. The molecule has 4 heteroatoms. The van der Waals surface area contributed by atoms with E-state index < -0.39 is 5.82 Å². The van der Waals surface area contributed by atoms with Gasteiger partial charge in [0.2, 0.25) is 0 Å². The zero-order chi connectivity index (χ0) is 15.1. The standard InChI is InChI=1S/C16H21FN2O/c1-11(2)9-12(3)19-16(20)15-10-14(17)7-6-13(15)5-4-8-18/h6-7,10-12H,8-9,18H2,1-3H3,(H,19,20). The maximum Gasteiger partial charge on any atom is 0.252 e. The van der Waals surface area contributed by atoms with Crippen molar-refractivity contribution in [3.05, 3.63) is 35.1 Å². The van der Waals surface area contributed by atoms with Gasteiger partial charge in [-0.15, -0.1) is 0 Å². The second-order valence-electron chi connectivity index (χ2n) is 5.20. The minimum absolute atomic E-state index is 0.0288. The molecule has 1 amide bonds. The molecule has 1 unspecified atom stereocenters. The summed E-state index contributed by atoms with van der Waals surface area (Å²) in [5.74, 6) is 5.19. The van der Waals surface area contributed by atoms with Crippen LogP contribution in [-0.2, 0) is 0 Å². The van der Waals surface area contributed by atoms with Crippen molar-refractivity contribution in [3.63, 3.8) is 0 Å². The first-order chi connectivity index (χ1) is 9.43. The van der Waals surface area contributed by atoms with Crippen LogP contribution in [0.1, 0.15) is 43.1 Å². The smallest absolute Gasteiger partial charge is 0.252 e. The first-order valence-electron chi connectivity index (χ1n) is 6.73. The summed E-state index contributed by atoms with van der Waals surface area (Å²) in [4.78, 5) is 12.2. The highest BCUT2D eigenvalue weighted by molar-refractivity contribution is 5.96. The van der Waals surface area contributed by atoms with Gasteiger partial charge in [0.05, 0.1) is 12.1 Å². The lowest BCUT2D eigenvalue weighted by atomic mass is 10.0. The number of rotatable bonds is 4. The van der Waals surface area contributed by atoms with E-state index in [-0.39, 0.29) is 24.1 Å². The molecule has 108 valence electrons. The Kier molecular flexibility index (Phi) is 6.20. The van der Waals surface area contributed by atoms with Crippen LogP contribution in [-0.4, -0.2) is 18.5 Å². The van der Waals surface area contributed by atoms with Crippen molar-refractivity contribution in [2.45, 2.75) is 33.2 Å². The first-order valence-corrected chi connectivity index (χ1v) is 6.73. The van der Waals surface area contributed by atoms with E-state index >= 15 is 0 Å². The van der Waals surface area contributed by atoms with Crippen LogP contribution in [0, 0.1) is 23.6 Å². The summed E-state index contributed by atoms with van der Waals surface area (Å²) in [6.45, 7) is 6.30. The number of carbonyl (C=O) groups excluding carboxylic acids is 1. The van der Waals surface area contributed by atoms with Crippen molar-refractivity contribution in [1.82, 2.24) is 5.32 Å². The van der Waals surface area contributed by atoms with Gasteiger partial charge in [-0.2, -0.15) is 0 Å². The van der Waals surface area contributed by atoms with Crippen molar-refractivity contribution in [1.29, 1.82) is 0 Å². The number of hydrogen-bond acceptors (Lipinski definition) is 2. The summed E-state index contributed by atoms with van der Waals surface area (Å²) in [5.41, 5.74) is 6.06. The second kappa shape index (κ2) is 7.66. The molecule has 0 aromatic heterocycles. The van der Waals surface area contributed by atoms with E-state index in [1.165, 1.54) is 18.2 Å². The summed E-state index contributed by atoms with van der Waals surface area (Å²) in [7, 11) is 0. The average molecular weight is 276 g/mol. The van der Waals surface area contributed by atoms with E-state index in [4.69, 9.17) is 5.73 Å². The largest absolute Gasteiger partial charge is 0.350 e. The van der Waals surface area contributed by atoms with E-state index in [9.17, 15) is 9.18 Å². The molecular formula is C16H21FN2O. The van der Waals surface area contributed by atoms with Gasteiger partial charge >= 0.3 is 0 Å². The summed E-state index contributed by atoms with van der Waals surface area (Å²) < 4.78 is 13.3. The Morgan fingerprint density at radius 1 is 1.40 bits per heavy atom. The number of nitrogens with two attached hydrogens (primary N) is 1. The Morgan fingerprint density at radius 3 is 2.70 bits per heavy atom. The van der Waals surface area contributed by atoms with Crippen LogP contribution in [0.2, 0.25) is 0 Å². The third kappa shape index (κ3) is 5.02. The third-order valence-electron chi connectivity index (χ3n) is 2.75. The molecule has 0 radical (unpaired) electrons. The Labute approximate surface area is 119 Å². The van der Waals surface area contributed by atoms with Crippen LogP contribution in [0.4, 0.5) is 4.39 Å². The second-order valence-corrected chi connectivity index (χ2v) is 5.20. The number of nitrogens with one attached hydrogen (secondary N) is 1. The highest BCUT2D eigenvalue weighted by atomic mass is 19.1. The monoisotopic (exact) mass is 276 g/mol. The maximum absolute atomic E-state index is 13.3. The van der Waals surface area contributed by atoms with Crippen molar-refractivity contribution >= 4 is 5.91 Å². The lowest BCUT2D eigenvalue weighted by molar-refractivity contribution is 0.0935. The molecule has 0 aliphatic heterocycles. The molecule has 1 rings (SSSR count). The van der Waals surface area contributed by atoms with Gasteiger partial charge in [0.1, 0.15) is 5.82 Å². The van der Waals surface area contributed by atoms with Gasteiger partial charge in [-0.3, -0.25) is 4.79 Å². The SMILES string of the molecule is CC(C)CC(C)NC(=O)c1cc(F)ccc1C#CCN. The van der Waals surface area contributed by atoms with E-state index in [0.717, 1.165) is 6.42 Å². The minimum atomic E-state index is -0.454. The van der Waals surface area contributed by atoms with Crippen LogP contribution >= 0.6 is 0 Å². The molecule has 0 fully saturated rings. The predicted octanol–water partition coefficient (Wildman–Crippen LogP) is 2.30. The van der Waals surface area contributed by atoms with Gasteiger partial charge in [-0.05, 0) is 37.5 Å². The van der Waals surface area contributed by atoms with Crippen LogP contribution < -0.4 is 11.1 Å². The number of carbonyl (C=O) groups is 1. The highest BCUT2D eigenvalue weighted by Crippen LogP contribution is 2.12. The molecule has 3 nitrogen and oxygen atoms in total. The van der Waals surface area contributed by atoms with Gasteiger partial charge in [-0.25, -0.2) is 4.39 Å². The summed E-state index contributed by atoms with van der Waals surface area (Å²) in [5, 5.41) is 2.87. The Morgan fingerprint density at radius 2 is 2.10 bits per heavy atom. The van der Waals surface area contributed by atoms with Crippen LogP contribution in [0.15, 0.2) is 18.2 Å². The van der Waals surface area contributed by atoms with Crippen molar-refractivity contribution in [2.75, 3.05) is 6.54 Å². The fourth-order valence-corrected chi connectivity index (χ4v) is 2.03. The normalized spacial score (nSPS) is 11.7. The molecule has 0 bridgehead atoms. The van der Waals surface area contributed by atoms with Gasteiger partial charge < -0.3 is 11.1 Å².